The molecule has 0 heterocycles. The average molecular weight is 205 g/mol. The van der Waals surface area contributed by atoms with Crippen molar-refractivity contribution in [2.75, 3.05) is 13.6 Å². The van der Waals surface area contributed by atoms with Crippen LogP contribution in [-0.4, -0.2) is 35.6 Å². The molecule has 0 fully saturated rings. The lowest BCUT2D eigenvalue weighted by Crippen LogP contribution is -2.70. The van der Waals surface area contributed by atoms with Crippen molar-refractivity contribution in [1.82, 2.24) is 16.0 Å². The van der Waals surface area contributed by atoms with Crippen LogP contribution in [0.2, 0.25) is 0 Å². The van der Waals surface area contributed by atoms with Crippen molar-refractivity contribution >= 4 is 10.5 Å². The van der Waals surface area contributed by atoms with E-state index in [-0.39, 0.29) is 5.54 Å². The maximum absolute atomic E-state index is 5.51. The molecule has 0 bridgehead atoms. The summed E-state index contributed by atoms with van der Waals surface area (Å²) in [7, 11) is 2.55. The summed E-state index contributed by atoms with van der Waals surface area (Å²) >= 11 is 0. The molecule has 0 spiro atoms. The van der Waals surface area contributed by atoms with Crippen molar-refractivity contribution in [3.8, 4) is 0 Å². The van der Waals surface area contributed by atoms with Crippen molar-refractivity contribution in [3.63, 3.8) is 0 Å². The molecule has 0 aliphatic heterocycles. The lowest BCUT2D eigenvalue weighted by molar-refractivity contribution is -0.0401. The van der Waals surface area contributed by atoms with E-state index in [9.17, 15) is 0 Å². The van der Waals surface area contributed by atoms with Crippen LogP contribution in [0.3, 0.4) is 0 Å². The van der Waals surface area contributed by atoms with E-state index < -0.39 is 5.97 Å². The molecule has 0 aromatic rings. The molecule has 0 saturated carbocycles. The molecule has 1 unspecified atom stereocenters. The highest BCUT2D eigenvalue weighted by Crippen LogP contribution is 2.06. The second-order valence-electron chi connectivity index (χ2n) is 4.04. The van der Waals surface area contributed by atoms with Gasteiger partial charge in [0.05, 0.1) is 0 Å². The van der Waals surface area contributed by atoms with Crippen molar-refractivity contribution in [2.24, 2.45) is 0 Å². The summed E-state index contributed by atoms with van der Waals surface area (Å²) in [4.78, 5) is 0. The zero-order valence-electron chi connectivity index (χ0n) is 9.62. The molecule has 0 aromatic heterocycles. The number of nitrogens with one attached hydrogen (secondary N) is 3. The van der Waals surface area contributed by atoms with Gasteiger partial charge in [0.1, 0.15) is 0 Å². The Morgan fingerprint density at radius 2 is 1.85 bits per heavy atom. The van der Waals surface area contributed by atoms with E-state index in [0.717, 1.165) is 6.54 Å². The molecular weight excluding hydrogens is 182 g/mol. The Hall–Kier alpha value is 0.0569. The van der Waals surface area contributed by atoms with Crippen LogP contribution < -0.4 is 16.0 Å². The molecule has 0 aromatic carbocycles. The highest BCUT2D eigenvalue weighted by Gasteiger charge is 2.30. The fraction of sp³-hybridized carbons (Fsp3) is 1.00. The normalized spacial score (nSPS) is 17.3. The molecule has 13 heavy (non-hydrogen) atoms. The van der Waals surface area contributed by atoms with Gasteiger partial charge in [-0.3, -0.25) is 16.0 Å². The molecule has 0 rings (SSSR count). The average Bonchev–Trinajstić information content (AvgIpc) is 2.01. The van der Waals surface area contributed by atoms with Crippen LogP contribution in [0.5, 0.6) is 0 Å². The molecule has 1 atom stereocenters. The van der Waals surface area contributed by atoms with Gasteiger partial charge in [0.25, 0.3) is 0 Å². The van der Waals surface area contributed by atoms with Gasteiger partial charge in [-0.05, 0) is 34.4 Å². The zero-order chi connectivity index (χ0) is 10.5. The lowest BCUT2D eigenvalue weighted by Gasteiger charge is -2.39. The number of hydrogen-bond acceptors (Lipinski definition) is 4. The summed E-state index contributed by atoms with van der Waals surface area (Å²) < 4.78 is 5.51. The van der Waals surface area contributed by atoms with E-state index in [1.807, 2.05) is 7.05 Å². The highest BCUT2D eigenvalue weighted by atomic mass is 28.2. The second kappa shape index (κ2) is 5.07. The van der Waals surface area contributed by atoms with E-state index in [4.69, 9.17) is 4.43 Å². The Morgan fingerprint density at radius 1 is 1.31 bits per heavy atom. The predicted molar refractivity (Wildman–Crippen MR) is 59.4 cm³/mol. The van der Waals surface area contributed by atoms with Crippen LogP contribution in [-0.2, 0) is 4.43 Å². The number of hydrogen-bond donors (Lipinski definition) is 3. The van der Waals surface area contributed by atoms with E-state index in [0.29, 0.717) is 10.5 Å². The Morgan fingerprint density at radius 3 is 2.08 bits per heavy atom. The summed E-state index contributed by atoms with van der Waals surface area (Å²) in [6.45, 7) is 9.23. The molecule has 0 aliphatic rings. The number of rotatable bonds is 5. The Bertz CT molecular complexity index is 143. The van der Waals surface area contributed by atoms with Gasteiger partial charge in [0.15, 0.2) is 10.5 Å². The van der Waals surface area contributed by atoms with Crippen molar-refractivity contribution in [3.05, 3.63) is 0 Å². The third kappa shape index (κ3) is 4.73. The molecule has 5 heteroatoms. The summed E-state index contributed by atoms with van der Waals surface area (Å²) in [5.41, 5.74) is 0.00951. The minimum atomic E-state index is -0.570. The van der Waals surface area contributed by atoms with Crippen molar-refractivity contribution in [1.29, 1.82) is 0 Å². The molecular formula is C8H23N3OSi. The quantitative estimate of drug-likeness (QED) is 0.403. The fourth-order valence-electron chi connectivity index (χ4n) is 1.20. The van der Waals surface area contributed by atoms with Gasteiger partial charge in [0, 0.05) is 5.54 Å². The van der Waals surface area contributed by atoms with E-state index in [2.05, 4.69) is 43.6 Å². The smallest absolute Gasteiger partial charge is 0.225 e. The largest absolute Gasteiger partial charge is 0.387 e. The van der Waals surface area contributed by atoms with Crippen LogP contribution in [0.1, 0.15) is 27.7 Å². The summed E-state index contributed by atoms with van der Waals surface area (Å²) in [5.74, 6) is -0.570. The standard InChI is InChI=1S/C8H23N3OSi/c1-6-10-8(9-5,12-13)11-7(2,3)4/h9-11H,6H2,1-5,13H3. The van der Waals surface area contributed by atoms with Gasteiger partial charge in [0.2, 0.25) is 5.97 Å². The molecule has 0 aliphatic carbocycles. The Labute approximate surface area is 84.4 Å². The minimum absolute atomic E-state index is 0.00951. The third-order valence-electron chi connectivity index (χ3n) is 1.64. The minimum Gasteiger partial charge on any atom is -0.387 e. The van der Waals surface area contributed by atoms with Gasteiger partial charge in [-0.1, -0.05) is 6.92 Å². The maximum atomic E-state index is 5.51. The van der Waals surface area contributed by atoms with Gasteiger partial charge in [-0.25, -0.2) is 0 Å². The Balaban J connectivity index is 4.38. The van der Waals surface area contributed by atoms with Gasteiger partial charge >= 0.3 is 0 Å². The van der Waals surface area contributed by atoms with Crippen molar-refractivity contribution < 1.29 is 4.43 Å². The SMILES string of the molecule is CCNC(NC)(NC(C)(C)C)O[SiH3]. The van der Waals surface area contributed by atoms with Gasteiger partial charge in [-0.2, -0.15) is 0 Å². The van der Waals surface area contributed by atoms with E-state index in [1.165, 1.54) is 0 Å². The molecule has 0 amide bonds. The van der Waals surface area contributed by atoms with Crippen LogP contribution in [0, 0.1) is 0 Å². The summed E-state index contributed by atoms with van der Waals surface area (Å²) in [5, 5.41) is 9.72. The first kappa shape index (κ1) is 13.1. The second-order valence-corrected chi connectivity index (χ2v) is 4.45. The topological polar surface area (TPSA) is 45.3 Å². The molecule has 80 valence electrons. The van der Waals surface area contributed by atoms with Crippen molar-refractivity contribution in [2.45, 2.75) is 39.2 Å². The molecule has 0 saturated heterocycles. The van der Waals surface area contributed by atoms with Gasteiger partial charge < -0.3 is 4.43 Å². The zero-order valence-corrected chi connectivity index (χ0v) is 11.6. The van der Waals surface area contributed by atoms with Gasteiger partial charge in [-0.15, -0.1) is 0 Å². The van der Waals surface area contributed by atoms with Crippen LogP contribution in [0.4, 0.5) is 0 Å². The van der Waals surface area contributed by atoms with E-state index in [1.54, 1.807) is 0 Å². The third-order valence-corrected chi connectivity index (χ3v) is 2.25. The van der Waals surface area contributed by atoms with E-state index >= 15 is 0 Å². The van der Waals surface area contributed by atoms with Crippen LogP contribution in [0.15, 0.2) is 0 Å². The monoisotopic (exact) mass is 205 g/mol. The van der Waals surface area contributed by atoms with Crippen LogP contribution in [0.25, 0.3) is 0 Å². The first-order valence-electron chi connectivity index (χ1n) is 4.67. The van der Waals surface area contributed by atoms with Crippen LogP contribution >= 0.6 is 0 Å². The molecule has 0 radical (unpaired) electrons. The fourth-order valence-corrected chi connectivity index (χ4v) is 1.65. The maximum Gasteiger partial charge on any atom is 0.225 e. The predicted octanol–water partition coefficient (Wildman–Crippen LogP) is -0.888. The lowest BCUT2D eigenvalue weighted by atomic mass is 10.1. The Kier molecular flexibility index (Phi) is 5.09. The first-order chi connectivity index (χ1) is 5.89. The summed E-state index contributed by atoms with van der Waals surface area (Å²) in [6.07, 6.45) is 0. The first-order valence-corrected chi connectivity index (χ1v) is 5.49. The summed E-state index contributed by atoms with van der Waals surface area (Å²) in [6, 6.07) is 0. The highest BCUT2D eigenvalue weighted by molar-refractivity contribution is 5.98. The molecule has 3 N–H and O–H groups in total. The molecule has 4 nitrogen and oxygen atoms in total.